The molecule has 3 aromatic rings. The number of anilines is 1. The average Bonchev–Trinajstić information content (AvgIpc) is 3.07. The predicted octanol–water partition coefficient (Wildman–Crippen LogP) is 3.92. The zero-order chi connectivity index (χ0) is 18.0. The molecule has 0 fully saturated rings. The quantitative estimate of drug-likeness (QED) is 0.721. The van der Waals surface area contributed by atoms with Crippen LogP contribution in [0.1, 0.15) is 24.1 Å². The standard InChI is InChI=1S/C18H18BrN5O/c1-11-4-9-16(12(2)10-11)20-18(25)13(3)24-22-17(21-23-24)14-5-7-15(19)8-6-14/h4-10,13H,1-3H3,(H,20,25). The molecule has 2 aromatic carbocycles. The zero-order valence-corrected chi connectivity index (χ0v) is 15.8. The van der Waals surface area contributed by atoms with Crippen molar-refractivity contribution in [3.63, 3.8) is 0 Å². The van der Waals surface area contributed by atoms with Gasteiger partial charge in [-0.25, -0.2) is 0 Å². The molecule has 0 aliphatic heterocycles. The number of rotatable bonds is 4. The summed E-state index contributed by atoms with van der Waals surface area (Å²) in [7, 11) is 0. The van der Waals surface area contributed by atoms with Gasteiger partial charge in [0, 0.05) is 15.7 Å². The van der Waals surface area contributed by atoms with Crippen LogP contribution < -0.4 is 5.32 Å². The van der Waals surface area contributed by atoms with Gasteiger partial charge in [0.15, 0.2) is 0 Å². The Labute approximate surface area is 154 Å². The molecule has 0 aliphatic carbocycles. The summed E-state index contributed by atoms with van der Waals surface area (Å²) in [6.07, 6.45) is 0. The number of nitrogens with one attached hydrogen (secondary N) is 1. The normalized spacial score (nSPS) is 12.0. The summed E-state index contributed by atoms with van der Waals surface area (Å²) in [6, 6.07) is 12.9. The number of aromatic nitrogens is 4. The predicted molar refractivity (Wildman–Crippen MR) is 100 cm³/mol. The Morgan fingerprint density at radius 1 is 1.16 bits per heavy atom. The van der Waals surface area contributed by atoms with E-state index in [-0.39, 0.29) is 5.91 Å². The molecule has 1 unspecified atom stereocenters. The maximum absolute atomic E-state index is 12.5. The topological polar surface area (TPSA) is 72.7 Å². The van der Waals surface area contributed by atoms with Crippen LogP contribution >= 0.6 is 15.9 Å². The third kappa shape index (κ3) is 3.93. The lowest BCUT2D eigenvalue weighted by molar-refractivity contribution is -0.119. The molecule has 1 aromatic heterocycles. The van der Waals surface area contributed by atoms with Crippen molar-refractivity contribution in [2.75, 3.05) is 5.32 Å². The minimum atomic E-state index is -0.572. The lowest BCUT2D eigenvalue weighted by atomic mass is 10.1. The number of aryl methyl sites for hydroxylation is 2. The monoisotopic (exact) mass is 399 g/mol. The van der Waals surface area contributed by atoms with Crippen LogP contribution in [0.2, 0.25) is 0 Å². The van der Waals surface area contributed by atoms with E-state index in [9.17, 15) is 4.79 Å². The first kappa shape index (κ1) is 17.3. The van der Waals surface area contributed by atoms with E-state index in [1.54, 1.807) is 6.92 Å². The first-order chi connectivity index (χ1) is 11.9. The molecule has 7 heteroatoms. The van der Waals surface area contributed by atoms with Crippen LogP contribution in [0.3, 0.4) is 0 Å². The van der Waals surface area contributed by atoms with Crippen molar-refractivity contribution in [1.29, 1.82) is 0 Å². The van der Waals surface area contributed by atoms with Gasteiger partial charge in [0.25, 0.3) is 5.91 Å². The summed E-state index contributed by atoms with van der Waals surface area (Å²) in [6.45, 7) is 5.72. The molecule has 0 spiro atoms. The Morgan fingerprint density at radius 3 is 2.56 bits per heavy atom. The van der Waals surface area contributed by atoms with E-state index in [4.69, 9.17) is 0 Å². The second kappa shape index (κ2) is 7.14. The molecule has 3 rings (SSSR count). The molecular formula is C18H18BrN5O. The Bertz CT molecular complexity index is 904. The molecule has 0 saturated carbocycles. The molecular weight excluding hydrogens is 382 g/mol. The molecule has 25 heavy (non-hydrogen) atoms. The summed E-state index contributed by atoms with van der Waals surface area (Å²) in [4.78, 5) is 13.8. The number of hydrogen-bond donors (Lipinski definition) is 1. The van der Waals surface area contributed by atoms with Gasteiger partial charge in [-0.05, 0) is 61.9 Å². The molecule has 0 aliphatic rings. The van der Waals surface area contributed by atoms with E-state index in [0.717, 1.165) is 26.9 Å². The van der Waals surface area contributed by atoms with Crippen molar-refractivity contribution in [3.05, 3.63) is 58.1 Å². The smallest absolute Gasteiger partial charge is 0.250 e. The molecule has 0 radical (unpaired) electrons. The fourth-order valence-corrected chi connectivity index (χ4v) is 2.66. The van der Waals surface area contributed by atoms with Gasteiger partial charge in [-0.2, -0.15) is 4.80 Å². The second-order valence-corrected chi connectivity index (χ2v) is 6.84. The fraction of sp³-hybridized carbons (Fsp3) is 0.222. The van der Waals surface area contributed by atoms with Gasteiger partial charge < -0.3 is 5.32 Å². The van der Waals surface area contributed by atoms with Gasteiger partial charge in [0.05, 0.1) is 0 Å². The Morgan fingerprint density at radius 2 is 1.88 bits per heavy atom. The lowest BCUT2D eigenvalue weighted by Crippen LogP contribution is -2.25. The Kier molecular flexibility index (Phi) is 4.94. The van der Waals surface area contributed by atoms with Gasteiger partial charge in [-0.3, -0.25) is 4.79 Å². The minimum Gasteiger partial charge on any atom is -0.324 e. The number of amides is 1. The third-order valence-corrected chi connectivity index (χ3v) is 4.42. The van der Waals surface area contributed by atoms with Crippen LogP contribution in [0.25, 0.3) is 11.4 Å². The van der Waals surface area contributed by atoms with Gasteiger partial charge >= 0.3 is 0 Å². The largest absolute Gasteiger partial charge is 0.324 e. The summed E-state index contributed by atoms with van der Waals surface area (Å²) >= 11 is 3.39. The van der Waals surface area contributed by atoms with E-state index in [2.05, 4.69) is 36.7 Å². The summed E-state index contributed by atoms with van der Waals surface area (Å²) < 4.78 is 0.977. The number of carbonyl (C=O) groups is 1. The highest BCUT2D eigenvalue weighted by Crippen LogP contribution is 2.20. The van der Waals surface area contributed by atoms with Crippen molar-refractivity contribution in [1.82, 2.24) is 20.2 Å². The number of benzene rings is 2. The number of hydrogen-bond acceptors (Lipinski definition) is 4. The number of nitrogens with zero attached hydrogens (tertiary/aromatic N) is 4. The minimum absolute atomic E-state index is 0.188. The van der Waals surface area contributed by atoms with Crippen LogP contribution in [0.4, 0.5) is 5.69 Å². The van der Waals surface area contributed by atoms with Crippen molar-refractivity contribution >= 4 is 27.5 Å². The van der Waals surface area contributed by atoms with Crippen LogP contribution in [0.15, 0.2) is 46.9 Å². The lowest BCUT2D eigenvalue weighted by Gasteiger charge is -2.13. The molecule has 1 heterocycles. The Hall–Kier alpha value is -2.54. The maximum atomic E-state index is 12.5. The van der Waals surface area contributed by atoms with E-state index in [1.165, 1.54) is 4.80 Å². The van der Waals surface area contributed by atoms with Crippen LogP contribution in [0.5, 0.6) is 0 Å². The van der Waals surface area contributed by atoms with Crippen LogP contribution in [-0.4, -0.2) is 26.1 Å². The van der Waals surface area contributed by atoms with Gasteiger partial charge in [-0.15, -0.1) is 10.2 Å². The number of halogens is 1. The van der Waals surface area contributed by atoms with Crippen molar-refractivity contribution < 1.29 is 4.79 Å². The molecule has 0 saturated heterocycles. The number of carbonyl (C=O) groups excluding carboxylic acids is 1. The van der Waals surface area contributed by atoms with Crippen molar-refractivity contribution in [2.45, 2.75) is 26.8 Å². The summed E-state index contributed by atoms with van der Waals surface area (Å²) in [5.41, 5.74) is 3.80. The zero-order valence-electron chi connectivity index (χ0n) is 14.2. The Balaban J connectivity index is 1.75. The average molecular weight is 400 g/mol. The fourth-order valence-electron chi connectivity index (χ4n) is 2.40. The van der Waals surface area contributed by atoms with Gasteiger partial charge in [-0.1, -0.05) is 33.6 Å². The summed E-state index contributed by atoms with van der Waals surface area (Å²) in [5, 5.41) is 15.3. The highest BCUT2D eigenvalue weighted by molar-refractivity contribution is 9.10. The van der Waals surface area contributed by atoms with E-state index >= 15 is 0 Å². The van der Waals surface area contributed by atoms with E-state index < -0.39 is 6.04 Å². The van der Waals surface area contributed by atoms with Crippen LogP contribution in [0, 0.1) is 13.8 Å². The molecule has 1 atom stereocenters. The van der Waals surface area contributed by atoms with Crippen LogP contribution in [-0.2, 0) is 4.79 Å². The highest BCUT2D eigenvalue weighted by Gasteiger charge is 2.19. The summed E-state index contributed by atoms with van der Waals surface area (Å²) in [5.74, 6) is 0.297. The molecule has 6 nitrogen and oxygen atoms in total. The molecule has 0 bridgehead atoms. The van der Waals surface area contributed by atoms with Gasteiger partial charge in [0.2, 0.25) is 5.82 Å². The molecule has 1 amide bonds. The molecule has 128 valence electrons. The van der Waals surface area contributed by atoms with Crippen molar-refractivity contribution in [3.8, 4) is 11.4 Å². The van der Waals surface area contributed by atoms with Crippen molar-refractivity contribution in [2.24, 2.45) is 0 Å². The van der Waals surface area contributed by atoms with Gasteiger partial charge in [0.1, 0.15) is 6.04 Å². The number of tetrazole rings is 1. The first-order valence-electron chi connectivity index (χ1n) is 7.87. The maximum Gasteiger partial charge on any atom is 0.250 e. The molecule has 1 N–H and O–H groups in total. The third-order valence-electron chi connectivity index (χ3n) is 3.90. The van der Waals surface area contributed by atoms with E-state index in [1.807, 2.05) is 56.3 Å². The second-order valence-electron chi connectivity index (χ2n) is 5.92. The van der Waals surface area contributed by atoms with E-state index in [0.29, 0.717) is 5.82 Å². The highest BCUT2D eigenvalue weighted by atomic mass is 79.9. The first-order valence-corrected chi connectivity index (χ1v) is 8.67. The SMILES string of the molecule is Cc1ccc(NC(=O)C(C)n2nnc(-c3ccc(Br)cc3)n2)c(C)c1.